The Morgan fingerprint density at radius 1 is 1.17 bits per heavy atom. The molecule has 0 heterocycles. The average Bonchev–Trinajstić information content (AvgIpc) is 3.14. The minimum atomic E-state index is -0.714. The van der Waals surface area contributed by atoms with Gasteiger partial charge in [-0.25, -0.2) is 4.79 Å². The monoisotopic (exact) mass is 496 g/mol. The van der Waals surface area contributed by atoms with Gasteiger partial charge in [0.2, 0.25) is 5.96 Å². The first-order valence-corrected chi connectivity index (χ1v) is 12.0. The number of benzene rings is 2. The summed E-state index contributed by atoms with van der Waals surface area (Å²) in [4.78, 5) is 29.3. The fraction of sp³-hybridized carbons (Fsp3) is 0.444. The van der Waals surface area contributed by atoms with Crippen molar-refractivity contribution >= 4 is 18.0 Å². The van der Waals surface area contributed by atoms with Crippen molar-refractivity contribution in [2.75, 3.05) is 20.8 Å². The molecule has 0 spiro atoms. The zero-order chi connectivity index (χ0) is 26.3. The summed E-state index contributed by atoms with van der Waals surface area (Å²) in [5.41, 5.74) is 2.59. The summed E-state index contributed by atoms with van der Waals surface area (Å²) in [6.07, 6.45) is -0.319. The Hall–Kier alpha value is -3.43. The highest BCUT2D eigenvalue weighted by Crippen LogP contribution is 2.31. The molecule has 0 saturated carbocycles. The lowest BCUT2D eigenvalue weighted by Gasteiger charge is -2.23. The molecule has 2 aromatic carbocycles. The summed E-state index contributed by atoms with van der Waals surface area (Å²) < 4.78 is 10.5. The van der Waals surface area contributed by atoms with Crippen LogP contribution in [0.25, 0.3) is 0 Å². The van der Waals surface area contributed by atoms with Crippen LogP contribution in [0.1, 0.15) is 66.3 Å². The summed E-state index contributed by atoms with van der Waals surface area (Å²) in [5.74, 6) is -0.0368. The van der Waals surface area contributed by atoms with Crippen molar-refractivity contribution in [1.29, 1.82) is 0 Å². The maximum absolute atomic E-state index is 13.1. The van der Waals surface area contributed by atoms with E-state index in [4.69, 9.17) is 9.47 Å². The van der Waals surface area contributed by atoms with Gasteiger partial charge in [0.05, 0.1) is 18.2 Å². The topological polar surface area (TPSA) is 121 Å². The summed E-state index contributed by atoms with van der Waals surface area (Å²) in [7, 11) is 3.26. The number of hydrogen-bond donors (Lipinski definition) is 4. The van der Waals surface area contributed by atoms with Gasteiger partial charge in [0.25, 0.3) is 5.91 Å². The number of nitrogens with one attached hydrogen (secondary N) is 3. The highest BCUT2D eigenvalue weighted by atomic mass is 16.6. The second-order valence-electron chi connectivity index (χ2n) is 9.72. The average molecular weight is 497 g/mol. The number of amides is 2. The molecule has 36 heavy (non-hydrogen) atoms. The molecule has 9 heteroatoms. The summed E-state index contributed by atoms with van der Waals surface area (Å²) in [6.45, 7) is 5.76. The van der Waals surface area contributed by atoms with Gasteiger partial charge in [0.1, 0.15) is 5.60 Å². The third-order valence-corrected chi connectivity index (χ3v) is 5.80. The number of rotatable bonds is 7. The lowest BCUT2D eigenvalue weighted by atomic mass is 10.0. The van der Waals surface area contributed by atoms with Crippen LogP contribution < -0.4 is 16.0 Å². The quantitative estimate of drug-likeness (QED) is 0.343. The fourth-order valence-electron chi connectivity index (χ4n) is 4.13. The predicted octanol–water partition coefficient (Wildman–Crippen LogP) is 3.25. The molecular weight excluding hydrogens is 460 g/mol. The molecule has 1 aliphatic rings. The number of carbonyl (C=O) groups is 2. The van der Waals surface area contributed by atoms with E-state index in [0.29, 0.717) is 25.0 Å². The maximum atomic E-state index is 13.1. The van der Waals surface area contributed by atoms with E-state index < -0.39 is 23.8 Å². The lowest BCUT2D eigenvalue weighted by molar-refractivity contribution is 0.0602. The third-order valence-electron chi connectivity index (χ3n) is 5.80. The van der Waals surface area contributed by atoms with Crippen LogP contribution in [0.2, 0.25) is 0 Å². The number of methoxy groups -OCH3 is 1. The van der Waals surface area contributed by atoms with Crippen LogP contribution in [0.4, 0.5) is 4.79 Å². The second kappa shape index (κ2) is 12.0. The number of guanidine groups is 1. The number of aliphatic hydroxyl groups is 1. The predicted molar refractivity (Wildman–Crippen MR) is 138 cm³/mol. The van der Waals surface area contributed by atoms with Crippen LogP contribution in [-0.2, 0) is 15.9 Å². The molecule has 1 aliphatic carbocycles. The first-order valence-electron chi connectivity index (χ1n) is 12.0. The van der Waals surface area contributed by atoms with Gasteiger partial charge in [-0.3, -0.25) is 4.79 Å². The van der Waals surface area contributed by atoms with Gasteiger partial charge >= 0.3 is 6.09 Å². The number of ether oxygens (including phenoxy) is 2. The maximum Gasteiger partial charge on any atom is 0.437 e. The van der Waals surface area contributed by atoms with Crippen LogP contribution in [0.15, 0.2) is 53.5 Å². The molecule has 3 atom stereocenters. The lowest BCUT2D eigenvalue weighted by Crippen LogP contribution is -2.39. The van der Waals surface area contributed by atoms with Crippen molar-refractivity contribution in [3.63, 3.8) is 0 Å². The number of nitrogens with zero attached hydrogens (tertiary/aromatic N) is 1. The van der Waals surface area contributed by atoms with E-state index in [2.05, 4.69) is 20.9 Å². The van der Waals surface area contributed by atoms with E-state index in [-0.39, 0.29) is 17.9 Å². The Labute approximate surface area is 212 Å². The van der Waals surface area contributed by atoms with Gasteiger partial charge in [-0.05, 0) is 56.0 Å². The zero-order valence-corrected chi connectivity index (χ0v) is 21.5. The highest BCUT2D eigenvalue weighted by molar-refractivity contribution is 5.95. The van der Waals surface area contributed by atoms with E-state index in [1.165, 1.54) is 0 Å². The molecule has 0 aromatic heterocycles. The Kier molecular flexibility index (Phi) is 9.06. The first-order chi connectivity index (χ1) is 17.1. The standard InChI is InChI=1S/C27H36N4O5/c1-27(2,3)36-26(34)31-25(28-4)29-21(13-14-35-5)18-10-8-11-19(15-18)24(33)30-23-20-12-7-6-9-17(20)16-22(23)32/h6-12,15,21-23,32H,13-14,16H2,1-5H3,(H,30,33)(H2,28,29,31,34)/t21-,22-,23-/m1/s1. The van der Waals surface area contributed by atoms with E-state index in [1.807, 2.05) is 30.3 Å². The fourth-order valence-corrected chi connectivity index (χ4v) is 4.13. The van der Waals surface area contributed by atoms with E-state index >= 15 is 0 Å². The molecule has 4 N–H and O–H groups in total. The first kappa shape index (κ1) is 27.2. The van der Waals surface area contributed by atoms with Crippen molar-refractivity contribution < 1.29 is 24.2 Å². The molecule has 0 radical (unpaired) electrons. The Morgan fingerprint density at radius 2 is 1.92 bits per heavy atom. The summed E-state index contributed by atoms with van der Waals surface area (Å²) >= 11 is 0. The SMILES string of the molecule is CN/C(=N\C(=O)OC(C)(C)C)N[C@H](CCOC)c1cccc(C(=O)N[C@@H]2c3ccccc3C[C@H]2O)c1. The van der Waals surface area contributed by atoms with Crippen LogP contribution in [0.3, 0.4) is 0 Å². The molecule has 2 amide bonds. The van der Waals surface area contributed by atoms with E-state index in [0.717, 1.165) is 16.7 Å². The number of hydrogen-bond acceptors (Lipinski definition) is 5. The Balaban J connectivity index is 1.78. The van der Waals surface area contributed by atoms with Crippen LogP contribution in [-0.4, -0.2) is 55.5 Å². The third kappa shape index (κ3) is 7.29. The van der Waals surface area contributed by atoms with Crippen molar-refractivity contribution in [3.8, 4) is 0 Å². The van der Waals surface area contributed by atoms with E-state index in [9.17, 15) is 14.7 Å². The smallest absolute Gasteiger partial charge is 0.437 e. The summed E-state index contributed by atoms with van der Waals surface area (Å²) in [5, 5.41) is 19.6. The number of aliphatic hydroxyl groups excluding tert-OH is 1. The van der Waals surface area contributed by atoms with E-state index in [1.54, 1.807) is 53.1 Å². The van der Waals surface area contributed by atoms with Crippen LogP contribution >= 0.6 is 0 Å². The van der Waals surface area contributed by atoms with Crippen LogP contribution in [0, 0.1) is 0 Å². The molecule has 0 fully saturated rings. The van der Waals surface area contributed by atoms with Crippen molar-refractivity contribution in [2.24, 2.45) is 4.99 Å². The number of carbonyl (C=O) groups excluding carboxylic acids is 2. The molecule has 0 saturated heterocycles. The largest absolute Gasteiger partial charge is 0.442 e. The second-order valence-corrected chi connectivity index (χ2v) is 9.72. The molecule has 9 nitrogen and oxygen atoms in total. The Bertz CT molecular complexity index is 1100. The highest BCUT2D eigenvalue weighted by Gasteiger charge is 2.32. The molecule has 0 unspecified atom stereocenters. The van der Waals surface area contributed by atoms with Gasteiger partial charge in [0, 0.05) is 32.7 Å². The molecule has 2 aromatic rings. The minimum Gasteiger partial charge on any atom is -0.442 e. The zero-order valence-electron chi connectivity index (χ0n) is 21.5. The minimum absolute atomic E-state index is 0.242. The van der Waals surface area contributed by atoms with Gasteiger partial charge < -0.3 is 30.5 Å². The van der Waals surface area contributed by atoms with Crippen molar-refractivity contribution in [3.05, 3.63) is 70.8 Å². The van der Waals surface area contributed by atoms with Crippen molar-refractivity contribution in [2.45, 2.75) is 57.4 Å². The molecule has 194 valence electrons. The normalized spacial score (nSPS) is 18.2. The van der Waals surface area contributed by atoms with Gasteiger partial charge in [-0.1, -0.05) is 36.4 Å². The molecule has 3 rings (SSSR count). The number of aliphatic imine (C=N–C) groups is 1. The number of fused-ring (bicyclic) bond motifs is 1. The van der Waals surface area contributed by atoms with Crippen molar-refractivity contribution in [1.82, 2.24) is 16.0 Å². The Morgan fingerprint density at radius 3 is 2.61 bits per heavy atom. The van der Waals surface area contributed by atoms with Gasteiger partial charge in [0.15, 0.2) is 0 Å². The van der Waals surface area contributed by atoms with Gasteiger partial charge in [-0.2, -0.15) is 0 Å². The van der Waals surface area contributed by atoms with Crippen LogP contribution in [0.5, 0.6) is 0 Å². The van der Waals surface area contributed by atoms with Gasteiger partial charge in [-0.15, -0.1) is 4.99 Å². The molecule has 0 bridgehead atoms. The molecular formula is C27H36N4O5. The molecule has 0 aliphatic heterocycles. The summed E-state index contributed by atoms with van der Waals surface area (Å²) in [6, 6.07) is 14.2.